The summed E-state index contributed by atoms with van der Waals surface area (Å²) in [4.78, 5) is 6.72. The average Bonchev–Trinajstić information content (AvgIpc) is 2.90. The lowest BCUT2D eigenvalue weighted by Gasteiger charge is -2.16. The molecule has 26 heavy (non-hydrogen) atoms. The van der Waals surface area contributed by atoms with E-state index >= 15 is 0 Å². The number of rotatable bonds is 3. The van der Waals surface area contributed by atoms with Gasteiger partial charge < -0.3 is 4.90 Å². The van der Waals surface area contributed by atoms with Gasteiger partial charge in [-0.1, -0.05) is 40.2 Å². The Kier molecular flexibility index (Phi) is 4.42. The van der Waals surface area contributed by atoms with Crippen molar-refractivity contribution < 1.29 is 4.39 Å². The molecule has 2 heterocycles. The van der Waals surface area contributed by atoms with Gasteiger partial charge in [-0.3, -0.25) is 9.56 Å². The van der Waals surface area contributed by atoms with Crippen molar-refractivity contribution in [3.05, 3.63) is 75.5 Å². The molecule has 0 amide bonds. The second-order valence-electron chi connectivity index (χ2n) is 6.41. The van der Waals surface area contributed by atoms with E-state index in [4.69, 9.17) is 4.99 Å². The number of halogens is 2. The van der Waals surface area contributed by atoms with Gasteiger partial charge in [0, 0.05) is 15.6 Å². The Balaban J connectivity index is 1.94. The molecule has 1 aromatic heterocycles. The number of para-hydroxylation sites is 1. The van der Waals surface area contributed by atoms with Crippen LogP contribution in [0.3, 0.4) is 0 Å². The maximum atomic E-state index is 14.9. The first-order valence-electron chi connectivity index (χ1n) is 8.22. The lowest BCUT2D eigenvalue weighted by molar-refractivity contribution is 0.386. The van der Waals surface area contributed by atoms with Gasteiger partial charge >= 0.3 is 0 Å². The summed E-state index contributed by atoms with van der Waals surface area (Å²) in [7, 11) is 3.90. The predicted molar refractivity (Wildman–Crippen MR) is 102 cm³/mol. The highest BCUT2D eigenvalue weighted by Crippen LogP contribution is 2.28. The number of aromatic nitrogens is 3. The quantitative estimate of drug-likeness (QED) is 0.658. The Morgan fingerprint density at radius 1 is 1.12 bits per heavy atom. The number of hydrogen-bond donors (Lipinski definition) is 0. The van der Waals surface area contributed by atoms with E-state index in [-0.39, 0.29) is 5.82 Å². The average molecular weight is 414 g/mol. The molecule has 0 N–H and O–H groups in total. The Labute approximate surface area is 159 Å². The van der Waals surface area contributed by atoms with Crippen LogP contribution in [0.5, 0.6) is 0 Å². The van der Waals surface area contributed by atoms with Gasteiger partial charge in [0.2, 0.25) is 0 Å². The zero-order chi connectivity index (χ0) is 18.3. The molecule has 2 aromatic carbocycles. The van der Waals surface area contributed by atoms with Gasteiger partial charge in [0.25, 0.3) is 0 Å². The molecule has 3 aromatic rings. The van der Waals surface area contributed by atoms with Crippen molar-refractivity contribution in [1.82, 2.24) is 19.7 Å². The number of nitrogens with zero attached hydrogens (tertiary/aromatic N) is 5. The van der Waals surface area contributed by atoms with Crippen LogP contribution in [0.25, 0.3) is 5.69 Å². The van der Waals surface area contributed by atoms with Gasteiger partial charge in [-0.2, -0.15) is 0 Å². The zero-order valence-electron chi connectivity index (χ0n) is 14.4. The standard InChI is InChI=1S/C19H17BrFN5/c1-25(2)11-17-24-23-16-10-22-18(12-6-8-13(20)9-7-12)14-4-3-5-15(21)19(14)26(16)17/h3-9H,10-11H2,1-2H3. The summed E-state index contributed by atoms with van der Waals surface area (Å²) >= 11 is 3.45. The van der Waals surface area contributed by atoms with Crippen molar-refractivity contribution >= 4 is 21.6 Å². The second-order valence-corrected chi connectivity index (χ2v) is 7.33. The summed E-state index contributed by atoms with van der Waals surface area (Å²) < 4.78 is 17.7. The molecular weight excluding hydrogens is 397 g/mol. The van der Waals surface area contributed by atoms with Gasteiger partial charge in [-0.05, 0) is 32.3 Å². The summed E-state index contributed by atoms with van der Waals surface area (Å²) in [5.74, 6) is 1.03. The third kappa shape index (κ3) is 2.97. The Bertz CT molecular complexity index is 992. The highest BCUT2D eigenvalue weighted by molar-refractivity contribution is 9.10. The molecule has 0 bridgehead atoms. The third-order valence-corrected chi connectivity index (χ3v) is 4.75. The molecule has 0 unspecified atom stereocenters. The molecule has 132 valence electrons. The van der Waals surface area contributed by atoms with E-state index in [1.165, 1.54) is 6.07 Å². The van der Waals surface area contributed by atoms with Crippen LogP contribution in [0.15, 0.2) is 51.9 Å². The molecule has 0 fully saturated rings. The van der Waals surface area contributed by atoms with E-state index in [0.717, 1.165) is 21.3 Å². The van der Waals surface area contributed by atoms with Crippen LogP contribution in [0, 0.1) is 5.82 Å². The van der Waals surface area contributed by atoms with Crippen molar-refractivity contribution in [2.75, 3.05) is 14.1 Å². The fourth-order valence-corrected chi connectivity index (χ4v) is 3.39. The minimum Gasteiger partial charge on any atom is -0.302 e. The topological polar surface area (TPSA) is 46.3 Å². The lowest BCUT2D eigenvalue weighted by Crippen LogP contribution is -2.17. The number of fused-ring (bicyclic) bond motifs is 3. The van der Waals surface area contributed by atoms with Crippen LogP contribution >= 0.6 is 15.9 Å². The Hall–Kier alpha value is -2.38. The molecule has 0 spiro atoms. The molecule has 4 rings (SSSR count). The van der Waals surface area contributed by atoms with Crippen molar-refractivity contribution in [1.29, 1.82) is 0 Å². The molecule has 0 radical (unpaired) electrons. The van der Waals surface area contributed by atoms with E-state index in [1.807, 2.05) is 49.3 Å². The lowest BCUT2D eigenvalue weighted by atomic mass is 10.00. The van der Waals surface area contributed by atoms with Crippen LogP contribution < -0.4 is 0 Å². The van der Waals surface area contributed by atoms with Crippen LogP contribution in [0.2, 0.25) is 0 Å². The molecule has 5 nitrogen and oxygen atoms in total. The number of aliphatic imine (C=N–C) groups is 1. The molecule has 7 heteroatoms. The Morgan fingerprint density at radius 2 is 1.88 bits per heavy atom. The first kappa shape index (κ1) is 17.1. The van der Waals surface area contributed by atoms with Crippen molar-refractivity contribution in [3.8, 4) is 5.69 Å². The third-order valence-electron chi connectivity index (χ3n) is 4.22. The maximum Gasteiger partial charge on any atom is 0.159 e. The zero-order valence-corrected chi connectivity index (χ0v) is 16.0. The van der Waals surface area contributed by atoms with Crippen LogP contribution in [0.4, 0.5) is 4.39 Å². The van der Waals surface area contributed by atoms with Crippen LogP contribution in [-0.4, -0.2) is 39.5 Å². The van der Waals surface area contributed by atoms with E-state index < -0.39 is 0 Å². The van der Waals surface area contributed by atoms with Gasteiger partial charge in [0.15, 0.2) is 11.6 Å². The fraction of sp³-hybridized carbons (Fsp3) is 0.211. The van der Waals surface area contributed by atoms with Gasteiger partial charge in [0.05, 0.1) is 17.9 Å². The molecule has 0 saturated carbocycles. The van der Waals surface area contributed by atoms with Gasteiger partial charge in [-0.25, -0.2) is 4.39 Å². The molecule has 1 aliphatic rings. The highest BCUT2D eigenvalue weighted by Gasteiger charge is 2.25. The maximum absolute atomic E-state index is 14.9. The van der Waals surface area contributed by atoms with Gasteiger partial charge in [0.1, 0.15) is 12.4 Å². The van der Waals surface area contributed by atoms with E-state index in [2.05, 4.69) is 26.1 Å². The normalized spacial score (nSPS) is 13.2. The smallest absolute Gasteiger partial charge is 0.159 e. The first-order chi connectivity index (χ1) is 12.5. The molecule has 0 atom stereocenters. The summed E-state index contributed by atoms with van der Waals surface area (Å²) in [6, 6.07) is 12.9. The summed E-state index contributed by atoms with van der Waals surface area (Å²) in [6.07, 6.45) is 0. The fourth-order valence-electron chi connectivity index (χ4n) is 3.12. The molecular formula is C19H17BrFN5. The van der Waals surface area contributed by atoms with Crippen molar-refractivity contribution in [2.24, 2.45) is 4.99 Å². The SMILES string of the molecule is CN(C)Cc1nnc2n1-c1c(F)cccc1C(c1ccc(Br)cc1)=NC2. The monoisotopic (exact) mass is 413 g/mol. The minimum absolute atomic E-state index is 0.310. The van der Waals surface area contributed by atoms with E-state index in [1.54, 1.807) is 10.6 Å². The highest BCUT2D eigenvalue weighted by atomic mass is 79.9. The molecule has 0 saturated heterocycles. The minimum atomic E-state index is -0.310. The first-order valence-corrected chi connectivity index (χ1v) is 9.01. The predicted octanol–water partition coefficient (Wildman–Crippen LogP) is 3.58. The van der Waals surface area contributed by atoms with Crippen LogP contribution in [0.1, 0.15) is 22.8 Å². The van der Waals surface area contributed by atoms with E-state index in [0.29, 0.717) is 30.4 Å². The summed E-state index contributed by atoms with van der Waals surface area (Å²) in [5, 5.41) is 8.52. The molecule has 1 aliphatic heterocycles. The van der Waals surface area contributed by atoms with E-state index in [9.17, 15) is 4.39 Å². The van der Waals surface area contributed by atoms with Gasteiger partial charge in [-0.15, -0.1) is 10.2 Å². The van der Waals surface area contributed by atoms with Crippen molar-refractivity contribution in [2.45, 2.75) is 13.1 Å². The number of benzene rings is 2. The van der Waals surface area contributed by atoms with Crippen LogP contribution in [-0.2, 0) is 13.1 Å². The molecule has 0 aliphatic carbocycles. The largest absolute Gasteiger partial charge is 0.302 e. The number of hydrogen-bond acceptors (Lipinski definition) is 4. The summed E-state index contributed by atoms with van der Waals surface area (Å²) in [6.45, 7) is 0.911. The second kappa shape index (κ2) is 6.74. The summed E-state index contributed by atoms with van der Waals surface area (Å²) in [5.41, 5.74) is 2.90. The van der Waals surface area contributed by atoms with Crippen molar-refractivity contribution in [3.63, 3.8) is 0 Å². The Morgan fingerprint density at radius 3 is 2.62 bits per heavy atom.